The van der Waals surface area contributed by atoms with Crippen molar-refractivity contribution < 1.29 is 14.4 Å². The molecule has 2 fully saturated rings. The lowest BCUT2D eigenvalue weighted by Gasteiger charge is -2.36. The van der Waals surface area contributed by atoms with Gasteiger partial charge < -0.3 is 11.1 Å². The minimum Gasteiger partial charge on any atom is -0.366 e. The summed E-state index contributed by atoms with van der Waals surface area (Å²) in [5, 5.41) is 2.88. The Bertz CT molecular complexity index is 593. The molecule has 2 saturated carbocycles. The second kappa shape index (κ2) is 5.91. The Labute approximate surface area is 129 Å². The van der Waals surface area contributed by atoms with Gasteiger partial charge in [-0.3, -0.25) is 14.4 Å². The molecule has 1 aromatic carbocycles. The van der Waals surface area contributed by atoms with Gasteiger partial charge in [-0.2, -0.15) is 0 Å². The molecule has 1 aromatic rings. The van der Waals surface area contributed by atoms with Gasteiger partial charge in [0.2, 0.25) is 11.8 Å². The number of carbonyl (C=O) groups is 3. The van der Waals surface area contributed by atoms with Crippen molar-refractivity contribution in [1.82, 2.24) is 0 Å². The van der Waals surface area contributed by atoms with E-state index in [1.54, 1.807) is 24.3 Å². The summed E-state index contributed by atoms with van der Waals surface area (Å²) in [6, 6.07) is 6.54. The maximum absolute atomic E-state index is 12.4. The number of hydrogen-bond donors (Lipinski definition) is 2. The topological polar surface area (TPSA) is 89.3 Å². The van der Waals surface area contributed by atoms with Gasteiger partial charge in [0.25, 0.3) is 0 Å². The normalized spacial score (nSPS) is 27.3. The van der Waals surface area contributed by atoms with Crippen molar-refractivity contribution in [3.05, 3.63) is 29.8 Å². The summed E-state index contributed by atoms with van der Waals surface area (Å²) >= 11 is 0. The van der Waals surface area contributed by atoms with Crippen LogP contribution in [0.4, 0.5) is 5.69 Å². The molecular weight excluding hydrogens is 280 g/mol. The molecule has 22 heavy (non-hydrogen) atoms. The first-order chi connectivity index (χ1) is 10.5. The van der Waals surface area contributed by atoms with Gasteiger partial charge in [-0.05, 0) is 49.9 Å². The highest BCUT2D eigenvalue weighted by Gasteiger charge is 2.41. The molecule has 0 radical (unpaired) electrons. The third kappa shape index (κ3) is 2.89. The van der Waals surface area contributed by atoms with Crippen molar-refractivity contribution in [2.45, 2.75) is 32.1 Å². The van der Waals surface area contributed by atoms with Crippen LogP contribution in [0.15, 0.2) is 24.3 Å². The largest absolute Gasteiger partial charge is 0.366 e. The van der Waals surface area contributed by atoms with E-state index in [9.17, 15) is 14.4 Å². The maximum atomic E-state index is 12.4. The molecule has 2 aliphatic carbocycles. The predicted octanol–water partition coefficient (Wildman–Crippen LogP) is 2.12. The summed E-state index contributed by atoms with van der Waals surface area (Å²) in [5.41, 5.74) is 6.25. The Kier molecular flexibility index (Phi) is 3.96. The summed E-state index contributed by atoms with van der Waals surface area (Å²) in [6.07, 6.45) is 4.28. The van der Waals surface area contributed by atoms with Gasteiger partial charge in [-0.15, -0.1) is 0 Å². The number of amides is 2. The number of hydrogen-bond acceptors (Lipinski definition) is 3. The summed E-state index contributed by atoms with van der Waals surface area (Å²) in [5.74, 6) is -0.112. The van der Waals surface area contributed by atoms with Gasteiger partial charge in [0, 0.05) is 29.0 Å². The van der Waals surface area contributed by atoms with E-state index in [1.165, 1.54) is 0 Å². The Morgan fingerprint density at radius 3 is 2.18 bits per heavy atom. The summed E-state index contributed by atoms with van der Waals surface area (Å²) in [6.45, 7) is 0. The number of ketones is 1. The van der Waals surface area contributed by atoms with Crippen LogP contribution in [0.3, 0.4) is 0 Å². The Balaban J connectivity index is 1.64. The minimum absolute atomic E-state index is 0.0313. The van der Waals surface area contributed by atoms with Crippen molar-refractivity contribution in [2.75, 3.05) is 5.32 Å². The zero-order valence-electron chi connectivity index (χ0n) is 12.4. The summed E-state index contributed by atoms with van der Waals surface area (Å²) in [7, 11) is 0. The highest BCUT2D eigenvalue weighted by Crippen LogP contribution is 2.40. The van der Waals surface area contributed by atoms with Crippen molar-refractivity contribution in [2.24, 2.45) is 23.5 Å². The molecule has 0 aliphatic heterocycles. The van der Waals surface area contributed by atoms with Crippen molar-refractivity contribution in [1.29, 1.82) is 0 Å². The van der Waals surface area contributed by atoms with Gasteiger partial charge in [0.05, 0.1) is 0 Å². The van der Waals surface area contributed by atoms with Gasteiger partial charge in [0.15, 0.2) is 0 Å². The standard InChI is InChI=1S/C17H20N2O3/c18-16(21)10-4-6-14(7-5-10)19-17(22)13-8-11-2-1-3-12(9-13)15(11)20/h4-7,11-13H,1-3,8-9H2,(H2,18,21)(H,19,22)/t11-,12-/m0/s1. The first kappa shape index (κ1) is 14.8. The van der Waals surface area contributed by atoms with Crippen LogP contribution in [0.25, 0.3) is 0 Å². The number of rotatable bonds is 3. The van der Waals surface area contributed by atoms with E-state index in [1.807, 2.05) is 0 Å². The van der Waals surface area contributed by atoms with Crippen molar-refractivity contribution >= 4 is 23.3 Å². The quantitative estimate of drug-likeness (QED) is 0.896. The number of benzene rings is 1. The van der Waals surface area contributed by atoms with E-state index in [4.69, 9.17) is 5.73 Å². The van der Waals surface area contributed by atoms with Crippen LogP contribution < -0.4 is 11.1 Å². The number of carbonyl (C=O) groups excluding carboxylic acids is 3. The van der Waals surface area contributed by atoms with Gasteiger partial charge in [0.1, 0.15) is 5.78 Å². The molecule has 0 heterocycles. The van der Waals surface area contributed by atoms with E-state index >= 15 is 0 Å². The summed E-state index contributed by atoms with van der Waals surface area (Å²) < 4.78 is 0. The highest BCUT2D eigenvalue weighted by atomic mass is 16.2. The molecule has 2 amide bonds. The second-order valence-electron chi connectivity index (χ2n) is 6.33. The molecule has 2 aliphatic rings. The van der Waals surface area contributed by atoms with Gasteiger partial charge >= 0.3 is 0 Å². The van der Waals surface area contributed by atoms with Crippen LogP contribution in [0, 0.1) is 17.8 Å². The average molecular weight is 300 g/mol. The molecule has 2 bridgehead atoms. The summed E-state index contributed by atoms with van der Waals surface area (Å²) in [4.78, 5) is 35.5. The first-order valence-corrected chi connectivity index (χ1v) is 7.79. The number of anilines is 1. The molecule has 3 rings (SSSR count). The lowest BCUT2D eigenvalue weighted by molar-refractivity contribution is -0.136. The first-order valence-electron chi connectivity index (χ1n) is 7.79. The van der Waals surface area contributed by atoms with Crippen LogP contribution in [0.2, 0.25) is 0 Å². The molecule has 5 heteroatoms. The van der Waals surface area contributed by atoms with Crippen LogP contribution in [0.5, 0.6) is 0 Å². The zero-order chi connectivity index (χ0) is 15.7. The molecule has 5 nitrogen and oxygen atoms in total. The Morgan fingerprint density at radius 2 is 1.64 bits per heavy atom. The smallest absolute Gasteiger partial charge is 0.248 e. The van der Waals surface area contributed by atoms with E-state index in [2.05, 4.69) is 5.32 Å². The average Bonchev–Trinajstić information content (AvgIpc) is 2.47. The molecule has 0 unspecified atom stereocenters. The van der Waals surface area contributed by atoms with Crippen LogP contribution in [0.1, 0.15) is 42.5 Å². The van der Waals surface area contributed by atoms with Crippen LogP contribution >= 0.6 is 0 Å². The molecule has 0 saturated heterocycles. The highest BCUT2D eigenvalue weighted by molar-refractivity contribution is 5.96. The second-order valence-corrected chi connectivity index (χ2v) is 6.33. The Hall–Kier alpha value is -2.17. The lowest BCUT2D eigenvalue weighted by Crippen LogP contribution is -2.40. The van der Waals surface area contributed by atoms with E-state index in [0.717, 1.165) is 19.3 Å². The number of primary amides is 1. The number of nitrogens with one attached hydrogen (secondary N) is 1. The fourth-order valence-electron chi connectivity index (χ4n) is 3.66. The predicted molar refractivity (Wildman–Crippen MR) is 82.2 cm³/mol. The minimum atomic E-state index is -0.489. The number of Topliss-reactive ketones (excluding diaryl/α,β-unsaturated/α-hetero) is 1. The molecular formula is C17H20N2O3. The van der Waals surface area contributed by atoms with Crippen molar-refractivity contribution in [3.8, 4) is 0 Å². The van der Waals surface area contributed by atoms with Crippen LogP contribution in [-0.2, 0) is 9.59 Å². The van der Waals surface area contributed by atoms with E-state index < -0.39 is 5.91 Å². The number of nitrogens with two attached hydrogens (primary N) is 1. The monoisotopic (exact) mass is 300 g/mol. The molecule has 0 aromatic heterocycles. The van der Waals surface area contributed by atoms with E-state index in [0.29, 0.717) is 29.9 Å². The molecule has 3 N–H and O–H groups in total. The Morgan fingerprint density at radius 1 is 1.05 bits per heavy atom. The van der Waals surface area contributed by atoms with Gasteiger partial charge in [-0.25, -0.2) is 0 Å². The third-order valence-corrected chi connectivity index (χ3v) is 4.86. The van der Waals surface area contributed by atoms with Crippen molar-refractivity contribution in [3.63, 3.8) is 0 Å². The lowest BCUT2D eigenvalue weighted by atomic mass is 9.67. The molecule has 0 spiro atoms. The fourth-order valence-corrected chi connectivity index (χ4v) is 3.66. The van der Waals surface area contributed by atoms with E-state index in [-0.39, 0.29) is 23.7 Å². The molecule has 2 atom stereocenters. The number of fused-ring (bicyclic) bond motifs is 2. The van der Waals surface area contributed by atoms with Gasteiger partial charge in [-0.1, -0.05) is 6.42 Å². The fraction of sp³-hybridized carbons (Fsp3) is 0.471. The molecule has 116 valence electrons. The maximum Gasteiger partial charge on any atom is 0.248 e. The zero-order valence-corrected chi connectivity index (χ0v) is 12.4. The third-order valence-electron chi connectivity index (χ3n) is 4.86. The SMILES string of the molecule is NC(=O)c1ccc(NC(=O)C2C[C@@H]3CCC[C@@H](C2)C3=O)cc1. The van der Waals surface area contributed by atoms with Crippen LogP contribution in [-0.4, -0.2) is 17.6 Å².